The van der Waals surface area contributed by atoms with Crippen molar-refractivity contribution in [1.82, 2.24) is 9.97 Å². The summed E-state index contributed by atoms with van der Waals surface area (Å²) in [6.07, 6.45) is 1.43. The normalized spacial score (nSPS) is 10.6. The highest BCUT2D eigenvalue weighted by molar-refractivity contribution is 8.13. The first-order chi connectivity index (χ1) is 16.1. The van der Waals surface area contributed by atoms with E-state index in [0.29, 0.717) is 45.5 Å². The number of benzene rings is 3. The number of nitrogens with one attached hydrogen (secondary N) is 1. The van der Waals surface area contributed by atoms with Crippen LogP contribution in [0.3, 0.4) is 0 Å². The Morgan fingerprint density at radius 1 is 0.939 bits per heavy atom. The number of aromatic nitrogens is 2. The molecule has 1 aromatic heterocycles. The molecule has 4 rings (SSSR count). The highest BCUT2D eigenvalue weighted by Gasteiger charge is 2.12. The van der Waals surface area contributed by atoms with E-state index in [4.69, 9.17) is 14.2 Å². The zero-order chi connectivity index (χ0) is 23.2. The topological polar surface area (TPSA) is 82.6 Å². The van der Waals surface area contributed by atoms with Gasteiger partial charge in [0.15, 0.2) is 11.5 Å². The van der Waals surface area contributed by atoms with Gasteiger partial charge in [0, 0.05) is 17.5 Å². The molecule has 0 saturated heterocycles. The molecule has 0 radical (unpaired) electrons. The van der Waals surface area contributed by atoms with Gasteiger partial charge in [0.05, 0.1) is 25.1 Å². The first-order valence-corrected chi connectivity index (χ1v) is 11.2. The first kappa shape index (κ1) is 22.4. The van der Waals surface area contributed by atoms with Crippen LogP contribution in [0.1, 0.15) is 11.1 Å². The largest absolute Gasteiger partial charge is 0.493 e. The van der Waals surface area contributed by atoms with Gasteiger partial charge in [-0.1, -0.05) is 41.6 Å². The van der Waals surface area contributed by atoms with E-state index in [1.807, 2.05) is 31.2 Å². The Kier molecular flexibility index (Phi) is 6.95. The van der Waals surface area contributed by atoms with Gasteiger partial charge in [-0.3, -0.25) is 4.79 Å². The summed E-state index contributed by atoms with van der Waals surface area (Å²) >= 11 is 1.22. The Bertz CT molecular complexity index is 1260. The monoisotopic (exact) mass is 461 g/mol. The molecule has 4 aromatic rings. The lowest BCUT2D eigenvalue weighted by Crippen LogP contribution is -2.05. The minimum absolute atomic E-state index is 0.118. The van der Waals surface area contributed by atoms with E-state index in [2.05, 4.69) is 15.3 Å². The SMILES string of the molecule is COc1cc2ncnc(Oc3ccc(NC(=O)SCc4ccc(C)cc4)cc3)c2cc1OC. The highest BCUT2D eigenvalue weighted by Crippen LogP contribution is 2.35. The van der Waals surface area contributed by atoms with E-state index in [1.54, 1.807) is 50.6 Å². The fourth-order valence-electron chi connectivity index (χ4n) is 3.15. The lowest BCUT2D eigenvalue weighted by atomic mass is 10.2. The lowest BCUT2D eigenvalue weighted by molar-refractivity contribution is 0.269. The summed E-state index contributed by atoms with van der Waals surface area (Å²) in [5.74, 6) is 2.73. The van der Waals surface area contributed by atoms with Crippen LogP contribution in [-0.4, -0.2) is 29.4 Å². The molecular formula is C25H23N3O4S. The van der Waals surface area contributed by atoms with Gasteiger partial charge in [0.25, 0.3) is 5.24 Å². The van der Waals surface area contributed by atoms with Crippen molar-refractivity contribution in [3.8, 4) is 23.1 Å². The lowest BCUT2D eigenvalue weighted by Gasteiger charge is -2.12. The van der Waals surface area contributed by atoms with E-state index in [0.717, 1.165) is 5.56 Å². The second kappa shape index (κ2) is 10.2. The quantitative estimate of drug-likeness (QED) is 0.350. The molecule has 0 spiro atoms. The van der Waals surface area contributed by atoms with Gasteiger partial charge < -0.3 is 19.5 Å². The minimum atomic E-state index is -0.118. The summed E-state index contributed by atoms with van der Waals surface area (Å²) in [4.78, 5) is 20.8. The first-order valence-electron chi connectivity index (χ1n) is 10.2. The predicted octanol–water partition coefficient (Wildman–Crippen LogP) is 6.21. The van der Waals surface area contributed by atoms with Crippen LogP contribution < -0.4 is 19.5 Å². The summed E-state index contributed by atoms with van der Waals surface area (Å²) in [6, 6.07) is 18.8. The van der Waals surface area contributed by atoms with E-state index in [-0.39, 0.29) is 5.24 Å². The number of carbonyl (C=O) groups is 1. The van der Waals surface area contributed by atoms with Crippen LogP contribution in [0.15, 0.2) is 67.0 Å². The maximum Gasteiger partial charge on any atom is 0.283 e. The smallest absolute Gasteiger partial charge is 0.283 e. The van der Waals surface area contributed by atoms with Gasteiger partial charge >= 0.3 is 0 Å². The summed E-state index contributed by atoms with van der Waals surface area (Å²) in [5, 5.41) is 3.46. The number of fused-ring (bicyclic) bond motifs is 1. The molecule has 0 atom stereocenters. The van der Waals surface area contributed by atoms with E-state index in [9.17, 15) is 4.79 Å². The molecule has 0 aliphatic heterocycles. The molecule has 0 unspecified atom stereocenters. The van der Waals surface area contributed by atoms with Crippen molar-refractivity contribution < 1.29 is 19.0 Å². The number of hydrogen-bond acceptors (Lipinski definition) is 7. The third-order valence-corrected chi connectivity index (χ3v) is 5.75. The Balaban J connectivity index is 1.41. The van der Waals surface area contributed by atoms with Gasteiger partial charge in [0.2, 0.25) is 5.88 Å². The van der Waals surface area contributed by atoms with Crippen LogP contribution in [0.5, 0.6) is 23.1 Å². The Morgan fingerprint density at radius 2 is 1.64 bits per heavy atom. The van der Waals surface area contributed by atoms with Crippen LogP contribution in [-0.2, 0) is 5.75 Å². The molecule has 3 aromatic carbocycles. The molecule has 0 fully saturated rings. The average molecular weight is 462 g/mol. The highest BCUT2D eigenvalue weighted by atomic mass is 32.2. The van der Waals surface area contributed by atoms with Crippen molar-refractivity contribution in [3.63, 3.8) is 0 Å². The second-order valence-electron chi connectivity index (χ2n) is 7.22. The summed E-state index contributed by atoms with van der Waals surface area (Å²) in [7, 11) is 3.14. The number of rotatable bonds is 7. The van der Waals surface area contributed by atoms with Crippen LogP contribution in [0.4, 0.5) is 10.5 Å². The zero-order valence-corrected chi connectivity index (χ0v) is 19.3. The number of nitrogens with zero attached hydrogens (tertiary/aromatic N) is 2. The molecule has 33 heavy (non-hydrogen) atoms. The van der Waals surface area contributed by atoms with Gasteiger partial charge in [-0.2, -0.15) is 0 Å². The third-order valence-electron chi connectivity index (χ3n) is 4.91. The van der Waals surface area contributed by atoms with E-state index >= 15 is 0 Å². The van der Waals surface area contributed by atoms with E-state index in [1.165, 1.54) is 23.7 Å². The molecule has 0 aliphatic carbocycles. The summed E-state index contributed by atoms with van der Waals surface area (Å²) < 4.78 is 16.7. The van der Waals surface area contributed by atoms with Crippen LogP contribution in [0, 0.1) is 6.92 Å². The van der Waals surface area contributed by atoms with Gasteiger partial charge in [-0.25, -0.2) is 9.97 Å². The molecule has 168 valence electrons. The van der Waals surface area contributed by atoms with Crippen molar-refractivity contribution in [2.24, 2.45) is 0 Å². The number of amides is 1. The molecule has 0 saturated carbocycles. The van der Waals surface area contributed by atoms with Gasteiger partial charge in [0.1, 0.15) is 12.1 Å². The van der Waals surface area contributed by atoms with Crippen LogP contribution >= 0.6 is 11.8 Å². The molecule has 0 bridgehead atoms. The minimum Gasteiger partial charge on any atom is -0.493 e. The molecule has 1 heterocycles. The number of ether oxygens (including phenoxy) is 3. The molecule has 1 amide bonds. The maximum absolute atomic E-state index is 12.3. The van der Waals surface area contributed by atoms with Gasteiger partial charge in [-0.15, -0.1) is 0 Å². The molecule has 1 N–H and O–H groups in total. The molecule has 0 aliphatic rings. The number of carbonyl (C=O) groups excluding carboxylic acids is 1. The maximum atomic E-state index is 12.3. The molecule has 8 heteroatoms. The Morgan fingerprint density at radius 3 is 2.33 bits per heavy atom. The van der Waals surface area contributed by atoms with Crippen molar-refractivity contribution in [1.29, 1.82) is 0 Å². The fourth-order valence-corrected chi connectivity index (χ4v) is 3.83. The standard InChI is InChI=1S/C25H23N3O4S/c1-16-4-6-17(7-5-16)14-33-25(29)28-18-8-10-19(11-9-18)32-24-20-12-22(30-2)23(31-3)13-21(20)26-15-27-24/h4-13,15H,14H2,1-3H3,(H,28,29). The number of hydrogen-bond donors (Lipinski definition) is 1. The summed E-state index contributed by atoms with van der Waals surface area (Å²) in [6.45, 7) is 2.04. The molecule has 7 nitrogen and oxygen atoms in total. The predicted molar refractivity (Wildman–Crippen MR) is 131 cm³/mol. The van der Waals surface area contributed by atoms with Crippen molar-refractivity contribution in [2.45, 2.75) is 12.7 Å². The van der Waals surface area contributed by atoms with Crippen molar-refractivity contribution >= 4 is 33.6 Å². The fraction of sp³-hybridized carbons (Fsp3) is 0.160. The van der Waals surface area contributed by atoms with Crippen molar-refractivity contribution in [2.75, 3.05) is 19.5 Å². The Labute approximate surface area is 196 Å². The third kappa shape index (κ3) is 5.53. The number of aryl methyl sites for hydroxylation is 1. The number of anilines is 1. The van der Waals surface area contributed by atoms with Crippen LogP contribution in [0.2, 0.25) is 0 Å². The van der Waals surface area contributed by atoms with Gasteiger partial charge in [-0.05, 0) is 42.8 Å². The number of methoxy groups -OCH3 is 2. The summed E-state index contributed by atoms with van der Waals surface area (Å²) in [5.41, 5.74) is 3.66. The molecular weight excluding hydrogens is 438 g/mol. The zero-order valence-electron chi connectivity index (χ0n) is 18.5. The number of thioether (sulfide) groups is 1. The average Bonchev–Trinajstić information content (AvgIpc) is 2.84. The second-order valence-corrected chi connectivity index (χ2v) is 8.16. The van der Waals surface area contributed by atoms with Crippen molar-refractivity contribution in [3.05, 3.63) is 78.1 Å². The van der Waals surface area contributed by atoms with Crippen LogP contribution in [0.25, 0.3) is 10.9 Å². The Hall–Kier alpha value is -3.78. The van der Waals surface area contributed by atoms with E-state index < -0.39 is 0 Å².